The summed E-state index contributed by atoms with van der Waals surface area (Å²) in [5.74, 6) is 1.62. The molecule has 3 heterocycles. The Balaban J connectivity index is 1.50. The summed E-state index contributed by atoms with van der Waals surface area (Å²) in [6, 6.07) is 7.13. The molecule has 0 aromatic carbocycles. The molecule has 9 heteroatoms. The van der Waals surface area contributed by atoms with Crippen LogP contribution in [-0.4, -0.2) is 63.3 Å². The van der Waals surface area contributed by atoms with Gasteiger partial charge in [0.05, 0.1) is 32.7 Å². The number of rotatable bonds is 6. The minimum absolute atomic E-state index is 0.0311. The van der Waals surface area contributed by atoms with E-state index < -0.39 is 10.0 Å². The lowest BCUT2D eigenvalue weighted by atomic mass is 10.3. The van der Waals surface area contributed by atoms with Gasteiger partial charge in [0.1, 0.15) is 15.7 Å². The molecule has 0 saturated carbocycles. The number of amides is 1. The largest absolute Gasteiger partial charge is 0.464 e. The van der Waals surface area contributed by atoms with Gasteiger partial charge < -0.3 is 14.2 Å². The van der Waals surface area contributed by atoms with E-state index in [1.54, 1.807) is 29.5 Å². The van der Waals surface area contributed by atoms with Gasteiger partial charge >= 0.3 is 0 Å². The second-order valence-electron chi connectivity index (χ2n) is 6.53. The van der Waals surface area contributed by atoms with E-state index in [4.69, 9.17) is 4.42 Å². The Morgan fingerprint density at radius 3 is 2.62 bits per heavy atom. The van der Waals surface area contributed by atoms with Gasteiger partial charge in [0.25, 0.3) is 15.9 Å². The van der Waals surface area contributed by atoms with Crippen LogP contribution < -0.4 is 4.90 Å². The van der Waals surface area contributed by atoms with E-state index in [9.17, 15) is 13.2 Å². The first-order valence-corrected chi connectivity index (χ1v) is 10.8. The van der Waals surface area contributed by atoms with Crippen molar-refractivity contribution in [1.82, 2.24) is 9.21 Å². The SMILES string of the molecule is Cc1ccc(CN(C)C(=O)C[NH+]2CCN(S(=O)(=O)c3cccs3)CC2)o1. The van der Waals surface area contributed by atoms with Gasteiger partial charge in [-0.1, -0.05) is 6.07 Å². The Morgan fingerprint density at radius 1 is 1.31 bits per heavy atom. The second kappa shape index (κ2) is 7.91. The van der Waals surface area contributed by atoms with E-state index in [1.165, 1.54) is 15.6 Å². The van der Waals surface area contributed by atoms with Gasteiger partial charge in [-0.25, -0.2) is 8.42 Å². The molecule has 0 spiro atoms. The number of sulfonamides is 1. The highest BCUT2D eigenvalue weighted by Crippen LogP contribution is 2.20. The van der Waals surface area contributed by atoms with Crippen molar-refractivity contribution in [2.24, 2.45) is 0 Å². The Bertz CT molecular complexity index is 837. The lowest BCUT2D eigenvalue weighted by Gasteiger charge is -2.31. The maximum Gasteiger partial charge on any atom is 0.277 e. The lowest BCUT2D eigenvalue weighted by Crippen LogP contribution is -3.15. The van der Waals surface area contributed by atoms with Gasteiger partial charge in [0, 0.05) is 7.05 Å². The van der Waals surface area contributed by atoms with Crippen molar-refractivity contribution in [3.05, 3.63) is 41.2 Å². The van der Waals surface area contributed by atoms with Gasteiger partial charge in [0.15, 0.2) is 6.54 Å². The number of thiophene rings is 1. The maximum absolute atomic E-state index is 12.5. The van der Waals surface area contributed by atoms with Crippen LogP contribution in [-0.2, 0) is 21.4 Å². The van der Waals surface area contributed by atoms with Crippen molar-refractivity contribution < 1.29 is 22.5 Å². The average molecular weight is 399 g/mol. The van der Waals surface area contributed by atoms with Gasteiger partial charge in [0.2, 0.25) is 0 Å². The number of furan rings is 1. The zero-order valence-electron chi connectivity index (χ0n) is 15.0. The number of aryl methyl sites for hydroxylation is 1. The fourth-order valence-corrected chi connectivity index (χ4v) is 5.58. The topological polar surface area (TPSA) is 75.3 Å². The Morgan fingerprint density at radius 2 is 2.04 bits per heavy atom. The molecule has 1 fully saturated rings. The van der Waals surface area contributed by atoms with E-state index in [1.807, 2.05) is 19.1 Å². The number of nitrogens with zero attached hydrogens (tertiary/aromatic N) is 2. The van der Waals surface area contributed by atoms with E-state index in [2.05, 4.69) is 0 Å². The van der Waals surface area contributed by atoms with Crippen molar-refractivity contribution >= 4 is 27.3 Å². The van der Waals surface area contributed by atoms with Gasteiger partial charge in [-0.2, -0.15) is 4.31 Å². The minimum atomic E-state index is -3.39. The number of hydrogen-bond acceptors (Lipinski definition) is 5. The number of nitrogens with one attached hydrogen (secondary N) is 1. The second-order valence-corrected chi connectivity index (χ2v) is 9.64. The average Bonchev–Trinajstić information content (AvgIpc) is 3.27. The quantitative estimate of drug-likeness (QED) is 0.754. The van der Waals surface area contributed by atoms with Crippen LogP contribution in [0, 0.1) is 6.92 Å². The molecule has 26 heavy (non-hydrogen) atoms. The predicted octanol–water partition coefficient (Wildman–Crippen LogP) is 0.197. The van der Waals surface area contributed by atoms with Gasteiger partial charge in [-0.3, -0.25) is 4.79 Å². The van der Waals surface area contributed by atoms with Crippen LogP contribution in [0.3, 0.4) is 0 Å². The van der Waals surface area contributed by atoms with Crippen LogP contribution in [0.4, 0.5) is 0 Å². The molecule has 1 aliphatic rings. The van der Waals surface area contributed by atoms with E-state index >= 15 is 0 Å². The number of carbonyl (C=O) groups is 1. The highest BCUT2D eigenvalue weighted by Gasteiger charge is 2.32. The molecule has 7 nitrogen and oxygen atoms in total. The highest BCUT2D eigenvalue weighted by molar-refractivity contribution is 7.91. The fraction of sp³-hybridized carbons (Fsp3) is 0.471. The van der Waals surface area contributed by atoms with Gasteiger partial charge in [-0.05, 0) is 30.5 Å². The summed E-state index contributed by atoms with van der Waals surface area (Å²) < 4.78 is 32.5. The molecule has 0 atom stereocenters. The Hall–Kier alpha value is -1.68. The molecule has 1 N–H and O–H groups in total. The van der Waals surface area contributed by atoms with Crippen LogP contribution >= 0.6 is 11.3 Å². The molecule has 2 aromatic heterocycles. The summed E-state index contributed by atoms with van der Waals surface area (Å²) >= 11 is 1.24. The van der Waals surface area contributed by atoms with Crippen molar-refractivity contribution in [2.75, 3.05) is 39.8 Å². The molecule has 1 saturated heterocycles. The number of likely N-dealkylation sites (N-methyl/N-ethyl adjacent to an activating group) is 1. The predicted molar refractivity (Wildman–Crippen MR) is 98.6 cm³/mol. The standard InChI is InChI=1S/C17H23N3O4S2/c1-14-5-6-15(24-14)12-18(2)16(21)13-19-7-9-20(10-8-19)26(22,23)17-4-3-11-25-17/h3-6,11H,7-10,12-13H2,1-2H3/p+1. The molecule has 0 aliphatic carbocycles. The smallest absolute Gasteiger partial charge is 0.277 e. The third kappa shape index (κ3) is 4.35. The van der Waals surface area contributed by atoms with Crippen LogP contribution in [0.15, 0.2) is 38.3 Å². The Labute approximate surface area is 157 Å². The molecular formula is C17H24N3O4S2+. The molecule has 1 amide bonds. The van der Waals surface area contributed by atoms with Crippen LogP contribution in [0.2, 0.25) is 0 Å². The van der Waals surface area contributed by atoms with Crippen molar-refractivity contribution in [3.8, 4) is 0 Å². The fourth-order valence-electron chi connectivity index (χ4n) is 3.00. The molecule has 2 aromatic rings. The molecule has 0 unspecified atom stereocenters. The van der Waals surface area contributed by atoms with Crippen molar-refractivity contribution in [1.29, 1.82) is 0 Å². The molecule has 0 radical (unpaired) electrons. The summed E-state index contributed by atoms with van der Waals surface area (Å²) in [6.07, 6.45) is 0. The summed E-state index contributed by atoms with van der Waals surface area (Å²) in [7, 11) is -1.63. The zero-order chi connectivity index (χ0) is 18.7. The van der Waals surface area contributed by atoms with Crippen LogP contribution in [0.1, 0.15) is 11.5 Å². The van der Waals surface area contributed by atoms with Crippen molar-refractivity contribution in [3.63, 3.8) is 0 Å². The first-order chi connectivity index (χ1) is 12.4. The maximum atomic E-state index is 12.5. The lowest BCUT2D eigenvalue weighted by molar-refractivity contribution is -0.896. The van der Waals surface area contributed by atoms with E-state index in [0.29, 0.717) is 43.5 Å². The van der Waals surface area contributed by atoms with E-state index in [0.717, 1.165) is 16.4 Å². The Kier molecular flexibility index (Phi) is 5.81. The zero-order valence-corrected chi connectivity index (χ0v) is 16.6. The van der Waals surface area contributed by atoms with Gasteiger partial charge in [-0.15, -0.1) is 11.3 Å². The molecular weight excluding hydrogens is 374 g/mol. The van der Waals surface area contributed by atoms with Crippen LogP contribution in [0.25, 0.3) is 0 Å². The summed E-state index contributed by atoms with van der Waals surface area (Å²) in [4.78, 5) is 15.2. The number of carbonyl (C=O) groups excluding carboxylic acids is 1. The molecule has 142 valence electrons. The normalized spacial score (nSPS) is 16.7. The molecule has 1 aliphatic heterocycles. The summed E-state index contributed by atoms with van der Waals surface area (Å²) in [5.41, 5.74) is 0. The number of hydrogen-bond donors (Lipinski definition) is 1. The van der Waals surface area contributed by atoms with E-state index in [-0.39, 0.29) is 5.91 Å². The first kappa shape index (κ1) is 19.1. The first-order valence-electron chi connectivity index (χ1n) is 8.53. The van der Waals surface area contributed by atoms with Crippen LogP contribution in [0.5, 0.6) is 0 Å². The number of quaternary nitrogens is 1. The third-order valence-corrected chi connectivity index (χ3v) is 7.81. The molecule has 0 bridgehead atoms. The van der Waals surface area contributed by atoms with Crippen molar-refractivity contribution in [2.45, 2.75) is 17.7 Å². The highest BCUT2D eigenvalue weighted by atomic mass is 32.2. The summed E-state index contributed by atoms with van der Waals surface area (Å²) in [5, 5.41) is 1.77. The molecule has 3 rings (SSSR count). The monoisotopic (exact) mass is 398 g/mol. The third-order valence-electron chi connectivity index (χ3n) is 4.53. The minimum Gasteiger partial charge on any atom is -0.464 e. The summed E-state index contributed by atoms with van der Waals surface area (Å²) in [6.45, 7) is 4.81. The number of piperazine rings is 1.